The molecular weight excluding hydrogens is 324 g/mol. The standard InChI is InChI=1S/C16H14N6OS/c1-22-13-7-17-4-2-12(13)20-14(22)8-18-16(23)11-6-19-21-15(11)10-3-5-24-9-10/h2-7,9H,8H2,1H3,(H,18,23)(H,19,21). The Morgan fingerprint density at radius 2 is 2.29 bits per heavy atom. The molecule has 24 heavy (non-hydrogen) atoms. The second kappa shape index (κ2) is 5.89. The molecule has 8 heteroatoms. The first-order chi connectivity index (χ1) is 11.7. The normalized spacial score (nSPS) is 11.0. The van der Waals surface area contributed by atoms with E-state index in [0.29, 0.717) is 12.1 Å². The lowest BCUT2D eigenvalue weighted by Gasteiger charge is -2.05. The van der Waals surface area contributed by atoms with Crippen LogP contribution in [-0.4, -0.2) is 30.6 Å². The minimum absolute atomic E-state index is 0.185. The topological polar surface area (TPSA) is 88.5 Å². The zero-order valence-corrected chi connectivity index (χ0v) is 13.7. The Bertz CT molecular complexity index is 1000. The summed E-state index contributed by atoms with van der Waals surface area (Å²) in [6.45, 7) is 0.332. The van der Waals surface area contributed by atoms with E-state index in [1.807, 2.05) is 34.5 Å². The minimum Gasteiger partial charge on any atom is -0.345 e. The Morgan fingerprint density at radius 3 is 3.08 bits per heavy atom. The molecule has 0 aliphatic carbocycles. The van der Waals surface area contributed by atoms with Gasteiger partial charge in [0.2, 0.25) is 0 Å². The Hall–Kier alpha value is -3.00. The number of carbonyl (C=O) groups is 1. The molecule has 0 aromatic carbocycles. The Labute approximate surface area is 141 Å². The molecule has 0 fully saturated rings. The van der Waals surface area contributed by atoms with Crippen LogP contribution in [0.4, 0.5) is 0 Å². The smallest absolute Gasteiger partial charge is 0.255 e. The molecule has 4 rings (SSSR count). The summed E-state index contributed by atoms with van der Waals surface area (Å²) in [5.41, 5.74) is 4.00. The van der Waals surface area contributed by atoms with Crippen molar-refractivity contribution in [3.05, 3.63) is 52.9 Å². The van der Waals surface area contributed by atoms with Crippen LogP contribution in [0.15, 0.2) is 41.5 Å². The first kappa shape index (κ1) is 14.6. The average Bonchev–Trinajstić information content (AvgIpc) is 3.33. The highest BCUT2D eigenvalue weighted by molar-refractivity contribution is 7.08. The summed E-state index contributed by atoms with van der Waals surface area (Å²) < 4.78 is 1.93. The second-order valence-electron chi connectivity index (χ2n) is 5.30. The van der Waals surface area contributed by atoms with Gasteiger partial charge in [-0.3, -0.25) is 14.9 Å². The highest BCUT2D eigenvalue weighted by atomic mass is 32.1. The molecule has 0 unspecified atom stereocenters. The van der Waals surface area contributed by atoms with Gasteiger partial charge in [-0.25, -0.2) is 4.98 Å². The number of thiophene rings is 1. The number of nitrogens with zero attached hydrogens (tertiary/aromatic N) is 4. The maximum atomic E-state index is 12.5. The predicted molar refractivity (Wildman–Crippen MR) is 91.6 cm³/mol. The van der Waals surface area contributed by atoms with E-state index in [9.17, 15) is 4.79 Å². The molecule has 0 bridgehead atoms. The van der Waals surface area contributed by atoms with E-state index in [-0.39, 0.29) is 5.91 Å². The third-order valence-corrected chi connectivity index (χ3v) is 4.56. The number of aromatic nitrogens is 5. The van der Waals surface area contributed by atoms with Gasteiger partial charge in [0.15, 0.2) is 0 Å². The van der Waals surface area contributed by atoms with Crippen LogP contribution in [-0.2, 0) is 13.6 Å². The molecule has 0 saturated carbocycles. The number of carbonyl (C=O) groups excluding carboxylic acids is 1. The van der Waals surface area contributed by atoms with Gasteiger partial charge in [0.05, 0.1) is 41.2 Å². The van der Waals surface area contributed by atoms with Crippen LogP contribution >= 0.6 is 11.3 Å². The van der Waals surface area contributed by atoms with Crippen LogP contribution in [0.5, 0.6) is 0 Å². The maximum Gasteiger partial charge on any atom is 0.255 e. The Balaban J connectivity index is 1.55. The molecule has 120 valence electrons. The molecule has 0 atom stereocenters. The number of H-pyrrole nitrogens is 1. The summed E-state index contributed by atoms with van der Waals surface area (Å²) in [6.07, 6.45) is 5.01. The van der Waals surface area contributed by atoms with E-state index in [0.717, 1.165) is 28.1 Å². The summed E-state index contributed by atoms with van der Waals surface area (Å²) in [7, 11) is 1.91. The SMILES string of the molecule is Cn1c(CNC(=O)c2cn[nH]c2-c2ccsc2)nc2ccncc21. The van der Waals surface area contributed by atoms with Crippen molar-refractivity contribution in [3.63, 3.8) is 0 Å². The number of aromatic amines is 1. The van der Waals surface area contributed by atoms with Gasteiger partial charge in [-0.15, -0.1) is 0 Å². The van der Waals surface area contributed by atoms with Crippen LogP contribution < -0.4 is 5.32 Å². The van der Waals surface area contributed by atoms with Crippen molar-refractivity contribution < 1.29 is 4.79 Å². The van der Waals surface area contributed by atoms with Crippen LogP contribution in [0, 0.1) is 0 Å². The number of rotatable bonds is 4. The third-order valence-electron chi connectivity index (χ3n) is 3.88. The van der Waals surface area contributed by atoms with Crippen molar-refractivity contribution in [2.75, 3.05) is 0 Å². The van der Waals surface area contributed by atoms with Crippen molar-refractivity contribution in [2.24, 2.45) is 7.05 Å². The van der Waals surface area contributed by atoms with Crippen molar-refractivity contribution in [2.45, 2.75) is 6.54 Å². The molecule has 0 saturated heterocycles. The number of hydrogen-bond acceptors (Lipinski definition) is 5. The second-order valence-corrected chi connectivity index (χ2v) is 6.08. The number of amides is 1. The molecule has 4 heterocycles. The monoisotopic (exact) mass is 338 g/mol. The number of imidazole rings is 1. The number of pyridine rings is 1. The van der Waals surface area contributed by atoms with Crippen LogP contribution in [0.2, 0.25) is 0 Å². The Kier molecular flexibility index (Phi) is 3.58. The quantitative estimate of drug-likeness (QED) is 0.598. The minimum atomic E-state index is -0.185. The molecule has 4 aromatic rings. The van der Waals surface area contributed by atoms with Crippen molar-refractivity contribution in [3.8, 4) is 11.3 Å². The van der Waals surface area contributed by atoms with E-state index in [4.69, 9.17) is 0 Å². The van der Waals surface area contributed by atoms with Crippen LogP contribution in [0.25, 0.3) is 22.3 Å². The van der Waals surface area contributed by atoms with Crippen LogP contribution in [0.1, 0.15) is 16.2 Å². The zero-order chi connectivity index (χ0) is 16.5. The van der Waals surface area contributed by atoms with Gasteiger partial charge in [0.25, 0.3) is 5.91 Å². The van der Waals surface area contributed by atoms with Gasteiger partial charge in [0, 0.05) is 24.2 Å². The number of aryl methyl sites for hydroxylation is 1. The van der Waals surface area contributed by atoms with Gasteiger partial charge in [-0.05, 0) is 17.5 Å². The summed E-state index contributed by atoms with van der Waals surface area (Å²) in [5.74, 6) is 0.585. The molecule has 7 nitrogen and oxygen atoms in total. The molecule has 0 radical (unpaired) electrons. The van der Waals surface area contributed by atoms with E-state index >= 15 is 0 Å². The summed E-state index contributed by atoms with van der Waals surface area (Å²) in [6, 6.07) is 3.80. The van der Waals surface area contributed by atoms with E-state index < -0.39 is 0 Å². The zero-order valence-electron chi connectivity index (χ0n) is 12.9. The summed E-state index contributed by atoms with van der Waals surface area (Å²) in [4.78, 5) is 21.1. The molecule has 2 N–H and O–H groups in total. The largest absolute Gasteiger partial charge is 0.345 e. The fourth-order valence-corrected chi connectivity index (χ4v) is 3.23. The predicted octanol–water partition coefficient (Wildman–Crippen LogP) is 2.35. The highest BCUT2D eigenvalue weighted by Crippen LogP contribution is 2.23. The average molecular weight is 338 g/mol. The summed E-state index contributed by atoms with van der Waals surface area (Å²) in [5, 5.41) is 13.7. The van der Waals surface area contributed by atoms with E-state index in [1.165, 1.54) is 0 Å². The lowest BCUT2D eigenvalue weighted by molar-refractivity contribution is 0.0950. The first-order valence-electron chi connectivity index (χ1n) is 7.33. The Morgan fingerprint density at radius 1 is 1.38 bits per heavy atom. The van der Waals surface area contributed by atoms with Crippen molar-refractivity contribution in [1.82, 2.24) is 30.0 Å². The highest BCUT2D eigenvalue weighted by Gasteiger charge is 2.16. The van der Waals surface area contributed by atoms with Crippen molar-refractivity contribution >= 4 is 28.3 Å². The van der Waals surface area contributed by atoms with Gasteiger partial charge in [0.1, 0.15) is 5.82 Å². The van der Waals surface area contributed by atoms with Gasteiger partial charge >= 0.3 is 0 Å². The molecule has 0 aliphatic heterocycles. The van der Waals surface area contributed by atoms with Crippen LogP contribution in [0.3, 0.4) is 0 Å². The maximum absolute atomic E-state index is 12.5. The van der Waals surface area contributed by atoms with Gasteiger partial charge in [-0.1, -0.05) is 0 Å². The van der Waals surface area contributed by atoms with E-state index in [2.05, 4.69) is 25.5 Å². The lowest BCUT2D eigenvalue weighted by Crippen LogP contribution is -2.24. The number of nitrogens with one attached hydrogen (secondary N) is 2. The fourth-order valence-electron chi connectivity index (χ4n) is 2.58. The molecule has 4 aromatic heterocycles. The van der Waals surface area contributed by atoms with Gasteiger partial charge < -0.3 is 9.88 Å². The number of hydrogen-bond donors (Lipinski definition) is 2. The molecule has 0 aliphatic rings. The summed E-state index contributed by atoms with van der Waals surface area (Å²) >= 11 is 1.57. The molecular formula is C16H14N6OS. The van der Waals surface area contributed by atoms with Gasteiger partial charge in [-0.2, -0.15) is 16.4 Å². The van der Waals surface area contributed by atoms with E-state index in [1.54, 1.807) is 29.9 Å². The molecule has 0 spiro atoms. The fraction of sp³-hybridized carbons (Fsp3) is 0.125. The van der Waals surface area contributed by atoms with Crippen molar-refractivity contribution in [1.29, 1.82) is 0 Å². The first-order valence-corrected chi connectivity index (χ1v) is 8.28. The molecule has 1 amide bonds. The lowest BCUT2D eigenvalue weighted by atomic mass is 10.1. The number of fused-ring (bicyclic) bond motifs is 1. The third kappa shape index (κ3) is 2.46.